The summed E-state index contributed by atoms with van der Waals surface area (Å²) in [6, 6.07) is 2.26. The summed E-state index contributed by atoms with van der Waals surface area (Å²) in [4.78, 5) is 27.2. The third-order valence-corrected chi connectivity index (χ3v) is 4.22. The highest BCUT2D eigenvalue weighted by atomic mass is 19.4. The molecular weight excluding hydrogens is 311 g/mol. The van der Waals surface area contributed by atoms with Crippen molar-refractivity contribution in [3.05, 3.63) is 38.4 Å². The molecule has 5 nitrogen and oxygen atoms in total. The van der Waals surface area contributed by atoms with Gasteiger partial charge in [0, 0.05) is 20.1 Å². The molecule has 23 heavy (non-hydrogen) atoms. The van der Waals surface area contributed by atoms with Crippen molar-refractivity contribution >= 4 is 16.7 Å². The lowest BCUT2D eigenvalue weighted by Crippen LogP contribution is -2.35. The molecule has 0 spiro atoms. The predicted octanol–water partition coefficient (Wildman–Crippen LogP) is 2.24. The van der Waals surface area contributed by atoms with Crippen LogP contribution in [0.1, 0.15) is 24.8 Å². The quantitative estimate of drug-likeness (QED) is 0.817. The highest BCUT2D eigenvalue weighted by molar-refractivity contribution is 5.82. The molecule has 0 radical (unpaired) electrons. The molecule has 2 heterocycles. The lowest BCUT2D eigenvalue weighted by Gasteiger charge is -2.31. The van der Waals surface area contributed by atoms with Crippen molar-refractivity contribution in [3.63, 3.8) is 0 Å². The number of alkyl halides is 3. The summed E-state index contributed by atoms with van der Waals surface area (Å²) < 4.78 is 41.4. The van der Waals surface area contributed by atoms with Crippen molar-refractivity contribution in [2.45, 2.75) is 25.4 Å². The highest BCUT2D eigenvalue weighted by Gasteiger charge is 2.36. The Bertz CT molecular complexity index is 861. The number of aromatic nitrogens is 2. The van der Waals surface area contributed by atoms with E-state index in [1.165, 1.54) is 13.1 Å². The minimum Gasteiger partial charge on any atom is -0.371 e. The number of nitrogens with one attached hydrogen (secondary N) is 1. The molecule has 1 aromatic heterocycles. The monoisotopic (exact) mass is 327 g/mol. The fourth-order valence-electron chi connectivity index (χ4n) is 3.02. The lowest BCUT2D eigenvalue weighted by atomic mass is 10.1. The van der Waals surface area contributed by atoms with Crippen LogP contribution >= 0.6 is 0 Å². The van der Waals surface area contributed by atoms with Gasteiger partial charge in [-0.15, -0.1) is 0 Å². The van der Waals surface area contributed by atoms with Gasteiger partial charge in [-0.2, -0.15) is 13.2 Å². The van der Waals surface area contributed by atoms with Gasteiger partial charge in [-0.3, -0.25) is 9.59 Å². The Hall–Kier alpha value is -2.25. The molecule has 0 atom stereocenters. The average molecular weight is 327 g/mol. The van der Waals surface area contributed by atoms with E-state index in [2.05, 4.69) is 4.98 Å². The second kappa shape index (κ2) is 5.43. The highest BCUT2D eigenvalue weighted by Crippen LogP contribution is 2.39. The van der Waals surface area contributed by atoms with Crippen LogP contribution in [0.4, 0.5) is 18.9 Å². The van der Waals surface area contributed by atoms with Crippen LogP contribution in [0.2, 0.25) is 0 Å². The Balaban J connectivity index is 2.31. The van der Waals surface area contributed by atoms with Crippen LogP contribution in [0.5, 0.6) is 0 Å². The lowest BCUT2D eigenvalue weighted by molar-refractivity contribution is -0.137. The topological polar surface area (TPSA) is 58.1 Å². The smallest absolute Gasteiger partial charge is 0.371 e. The van der Waals surface area contributed by atoms with E-state index in [9.17, 15) is 22.8 Å². The first kappa shape index (κ1) is 15.6. The number of fused-ring (bicyclic) bond motifs is 1. The number of halogens is 3. The molecule has 1 saturated heterocycles. The molecule has 1 fully saturated rings. The standard InChI is InChI=1S/C15H16F3N3O2/c1-20-12-8-11(21-5-3-2-4-6-21)9(15(16,17)18)7-10(12)19-13(22)14(20)23/h7-8H,2-6H2,1H3,(H,19,22). The van der Waals surface area contributed by atoms with E-state index >= 15 is 0 Å². The van der Waals surface area contributed by atoms with Crippen LogP contribution in [-0.2, 0) is 13.2 Å². The number of aryl methyl sites for hydroxylation is 1. The van der Waals surface area contributed by atoms with Crippen molar-refractivity contribution in [2.75, 3.05) is 18.0 Å². The second-order valence-corrected chi connectivity index (χ2v) is 5.75. The number of benzene rings is 1. The molecule has 0 bridgehead atoms. The van der Waals surface area contributed by atoms with E-state index < -0.39 is 22.9 Å². The minimum atomic E-state index is -4.54. The molecular formula is C15H16F3N3O2. The first-order valence-corrected chi connectivity index (χ1v) is 7.38. The number of H-pyrrole nitrogens is 1. The average Bonchev–Trinajstić information content (AvgIpc) is 2.52. The number of rotatable bonds is 1. The zero-order valence-corrected chi connectivity index (χ0v) is 12.5. The molecule has 0 unspecified atom stereocenters. The summed E-state index contributed by atoms with van der Waals surface area (Å²) in [6.07, 6.45) is -1.87. The zero-order chi connectivity index (χ0) is 16.8. The van der Waals surface area contributed by atoms with Crippen molar-refractivity contribution in [3.8, 4) is 0 Å². The van der Waals surface area contributed by atoms with E-state index in [0.29, 0.717) is 13.1 Å². The Kier molecular flexibility index (Phi) is 3.69. The van der Waals surface area contributed by atoms with Crippen molar-refractivity contribution < 1.29 is 13.2 Å². The normalized spacial score (nSPS) is 16.1. The summed E-state index contributed by atoms with van der Waals surface area (Å²) in [5.74, 6) is 0. The molecule has 1 aliphatic rings. The van der Waals surface area contributed by atoms with E-state index in [0.717, 1.165) is 29.9 Å². The zero-order valence-electron chi connectivity index (χ0n) is 12.5. The number of anilines is 1. The molecule has 1 aromatic carbocycles. The third-order valence-electron chi connectivity index (χ3n) is 4.22. The van der Waals surface area contributed by atoms with E-state index in [1.54, 1.807) is 4.90 Å². The molecule has 1 N–H and O–H groups in total. The van der Waals surface area contributed by atoms with Gasteiger partial charge >= 0.3 is 17.3 Å². The minimum absolute atomic E-state index is 0.00480. The fourth-order valence-corrected chi connectivity index (χ4v) is 3.02. The SMILES string of the molecule is Cn1c(=O)c(=O)[nH]c2cc(C(F)(F)F)c(N3CCCCC3)cc21. The van der Waals surface area contributed by atoms with Gasteiger partial charge in [0.15, 0.2) is 0 Å². The predicted molar refractivity (Wildman–Crippen MR) is 80.9 cm³/mol. The molecule has 124 valence electrons. The molecule has 8 heteroatoms. The number of hydrogen-bond acceptors (Lipinski definition) is 3. The Labute approximate surface area is 129 Å². The van der Waals surface area contributed by atoms with Crippen LogP contribution in [0.15, 0.2) is 21.7 Å². The van der Waals surface area contributed by atoms with Gasteiger partial charge in [-0.05, 0) is 31.4 Å². The van der Waals surface area contributed by atoms with Crippen LogP contribution < -0.4 is 16.0 Å². The molecule has 2 aromatic rings. The van der Waals surface area contributed by atoms with Crippen LogP contribution in [0.25, 0.3) is 11.0 Å². The Morgan fingerprint density at radius 1 is 1.09 bits per heavy atom. The van der Waals surface area contributed by atoms with E-state index in [-0.39, 0.29) is 16.7 Å². The molecule has 0 saturated carbocycles. The summed E-state index contributed by atoms with van der Waals surface area (Å²) in [5.41, 5.74) is -2.16. The molecule has 1 aliphatic heterocycles. The van der Waals surface area contributed by atoms with E-state index in [1.807, 2.05) is 0 Å². The Morgan fingerprint density at radius 3 is 2.35 bits per heavy atom. The third kappa shape index (κ3) is 2.73. The van der Waals surface area contributed by atoms with Gasteiger partial charge in [-0.25, -0.2) is 0 Å². The van der Waals surface area contributed by atoms with Crippen LogP contribution in [0.3, 0.4) is 0 Å². The first-order valence-electron chi connectivity index (χ1n) is 7.38. The maximum Gasteiger partial charge on any atom is 0.418 e. The summed E-state index contributed by atoms with van der Waals surface area (Å²) in [7, 11) is 1.38. The molecule has 0 amide bonds. The maximum atomic E-state index is 13.4. The van der Waals surface area contributed by atoms with Crippen molar-refractivity contribution in [2.24, 2.45) is 7.05 Å². The molecule has 0 aliphatic carbocycles. The van der Waals surface area contributed by atoms with Crippen molar-refractivity contribution in [1.82, 2.24) is 9.55 Å². The first-order chi connectivity index (χ1) is 10.8. The summed E-state index contributed by atoms with van der Waals surface area (Å²) in [5, 5.41) is 0. The van der Waals surface area contributed by atoms with Gasteiger partial charge < -0.3 is 14.5 Å². The number of piperidine rings is 1. The maximum absolute atomic E-state index is 13.4. The van der Waals surface area contributed by atoms with Gasteiger partial charge in [0.1, 0.15) is 0 Å². The van der Waals surface area contributed by atoms with E-state index in [4.69, 9.17) is 0 Å². The summed E-state index contributed by atoms with van der Waals surface area (Å²) >= 11 is 0. The van der Waals surface area contributed by atoms with Crippen molar-refractivity contribution in [1.29, 1.82) is 0 Å². The summed E-state index contributed by atoms with van der Waals surface area (Å²) in [6.45, 7) is 1.10. The second-order valence-electron chi connectivity index (χ2n) is 5.75. The Morgan fingerprint density at radius 2 is 1.74 bits per heavy atom. The fraction of sp³-hybridized carbons (Fsp3) is 0.467. The van der Waals surface area contributed by atoms with Gasteiger partial charge in [0.05, 0.1) is 22.3 Å². The molecule has 3 rings (SSSR count). The van der Waals surface area contributed by atoms with Gasteiger partial charge in [0.25, 0.3) is 0 Å². The number of hydrogen-bond donors (Lipinski definition) is 1. The van der Waals surface area contributed by atoms with Gasteiger partial charge in [-0.1, -0.05) is 0 Å². The van der Waals surface area contributed by atoms with Crippen LogP contribution in [-0.4, -0.2) is 22.6 Å². The van der Waals surface area contributed by atoms with Gasteiger partial charge in [0.2, 0.25) is 0 Å². The van der Waals surface area contributed by atoms with Crippen LogP contribution in [0, 0.1) is 0 Å². The number of aromatic amines is 1. The number of nitrogens with zero attached hydrogens (tertiary/aromatic N) is 2. The largest absolute Gasteiger partial charge is 0.418 e.